The predicted octanol–water partition coefficient (Wildman–Crippen LogP) is 1.81. The monoisotopic (exact) mass is 462 g/mol. The highest BCUT2D eigenvalue weighted by atomic mass is 16.5. The number of carbonyl (C=O) groups is 3. The van der Waals surface area contributed by atoms with E-state index in [4.69, 9.17) is 5.21 Å². The number of hydrogen-bond acceptors (Lipinski definition) is 5. The molecule has 0 aliphatic heterocycles. The Morgan fingerprint density at radius 1 is 1.00 bits per heavy atom. The summed E-state index contributed by atoms with van der Waals surface area (Å²) >= 11 is 0. The first kappa shape index (κ1) is 25.0. The van der Waals surface area contributed by atoms with Crippen LogP contribution in [0.3, 0.4) is 0 Å². The molecule has 0 saturated heterocycles. The maximum atomic E-state index is 12.9. The first-order chi connectivity index (χ1) is 16.3. The Morgan fingerprint density at radius 2 is 1.56 bits per heavy atom. The molecule has 1 fully saturated rings. The quantitative estimate of drug-likeness (QED) is 0.217. The topological polar surface area (TPSA) is 111 Å². The van der Waals surface area contributed by atoms with Crippen molar-refractivity contribution in [2.45, 2.75) is 44.3 Å². The molecule has 0 radical (unpaired) electrons. The third-order valence-corrected chi connectivity index (χ3v) is 6.33. The van der Waals surface area contributed by atoms with Crippen molar-refractivity contribution >= 4 is 17.7 Å². The second kappa shape index (κ2) is 11.0. The average molecular weight is 463 g/mol. The van der Waals surface area contributed by atoms with Gasteiger partial charge in [-0.25, -0.2) is 5.48 Å². The zero-order valence-corrected chi connectivity index (χ0v) is 19.6. The van der Waals surface area contributed by atoms with Gasteiger partial charge in [0.2, 0.25) is 0 Å². The van der Waals surface area contributed by atoms with E-state index in [9.17, 15) is 14.4 Å². The van der Waals surface area contributed by atoms with Gasteiger partial charge in [-0.05, 0) is 61.7 Å². The highest BCUT2D eigenvalue weighted by Crippen LogP contribution is 2.19. The molecule has 2 aromatic carbocycles. The SMILES string of the molecule is CNC(=O)C(C)(C(=O)NO)N(C)C(=O)c1ccc(C#Cc2ccc(CNC3CCC3)cc2)cc1. The fourth-order valence-corrected chi connectivity index (χ4v) is 3.58. The molecule has 3 rings (SSSR count). The molecule has 0 spiro atoms. The average Bonchev–Trinajstić information content (AvgIpc) is 2.85. The molecular weight excluding hydrogens is 432 g/mol. The minimum Gasteiger partial charge on any atom is -0.357 e. The number of benzene rings is 2. The molecule has 1 aliphatic carbocycles. The first-order valence-electron chi connectivity index (χ1n) is 11.2. The summed E-state index contributed by atoms with van der Waals surface area (Å²) in [5.41, 5.74) is 2.63. The van der Waals surface area contributed by atoms with Gasteiger partial charge >= 0.3 is 0 Å². The van der Waals surface area contributed by atoms with Gasteiger partial charge in [-0.1, -0.05) is 30.4 Å². The first-order valence-corrected chi connectivity index (χ1v) is 11.2. The molecule has 1 aliphatic rings. The standard InChI is InChI=1S/C26H30N4O4/c1-26(24(32)27-2,25(33)29-34)30(3)23(31)21-15-13-19(14-16-21)8-7-18-9-11-20(12-10-18)17-28-22-5-4-6-22/h9-16,22,28,34H,4-6,17H2,1-3H3,(H,27,32)(H,29,33). The summed E-state index contributed by atoms with van der Waals surface area (Å²) in [6.07, 6.45) is 3.83. The zero-order chi connectivity index (χ0) is 24.7. The van der Waals surface area contributed by atoms with Gasteiger partial charge in [0.15, 0.2) is 5.54 Å². The summed E-state index contributed by atoms with van der Waals surface area (Å²) in [5, 5.41) is 14.9. The largest absolute Gasteiger partial charge is 0.357 e. The number of rotatable bonds is 7. The van der Waals surface area contributed by atoms with Gasteiger partial charge in [0.25, 0.3) is 17.7 Å². The molecule has 8 nitrogen and oxygen atoms in total. The van der Waals surface area contributed by atoms with Crippen LogP contribution in [0, 0.1) is 11.8 Å². The van der Waals surface area contributed by atoms with Crippen LogP contribution in [0.2, 0.25) is 0 Å². The van der Waals surface area contributed by atoms with Gasteiger partial charge in [-0.2, -0.15) is 0 Å². The summed E-state index contributed by atoms with van der Waals surface area (Å²) in [6.45, 7) is 2.12. The summed E-state index contributed by atoms with van der Waals surface area (Å²) in [5.74, 6) is 3.89. The number of nitrogens with one attached hydrogen (secondary N) is 3. The van der Waals surface area contributed by atoms with Crippen molar-refractivity contribution in [3.05, 3.63) is 70.8 Å². The highest BCUT2D eigenvalue weighted by Gasteiger charge is 2.47. The number of carbonyl (C=O) groups excluding carboxylic acids is 3. The van der Waals surface area contributed by atoms with Gasteiger partial charge in [0.1, 0.15) is 0 Å². The Kier molecular flexibility index (Phi) is 8.05. The fourth-order valence-electron chi connectivity index (χ4n) is 3.58. The van der Waals surface area contributed by atoms with Gasteiger partial charge in [-0.15, -0.1) is 0 Å². The van der Waals surface area contributed by atoms with E-state index < -0.39 is 23.3 Å². The van der Waals surface area contributed by atoms with Crippen molar-refractivity contribution < 1.29 is 19.6 Å². The molecule has 1 unspecified atom stereocenters. The Morgan fingerprint density at radius 3 is 2.03 bits per heavy atom. The summed E-state index contributed by atoms with van der Waals surface area (Å²) in [7, 11) is 2.67. The van der Waals surface area contributed by atoms with Crippen molar-refractivity contribution in [3.63, 3.8) is 0 Å². The molecule has 1 atom stereocenters. The summed E-state index contributed by atoms with van der Waals surface area (Å²) in [6, 6.07) is 15.3. The normalized spacial score (nSPS) is 14.6. The Labute approximate surface area is 199 Å². The number of hydrogen-bond donors (Lipinski definition) is 4. The van der Waals surface area contributed by atoms with E-state index in [1.165, 1.54) is 51.3 Å². The third kappa shape index (κ3) is 5.45. The Hall–Kier alpha value is -3.67. The maximum Gasteiger partial charge on any atom is 0.278 e. The lowest BCUT2D eigenvalue weighted by Crippen LogP contribution is -2.64. The molecular formula is C26H30N4O4. The lowest BCUT2D eigenvalue weighted by Gasteiger charge is -2.34. The van der Waals surface area contributed by atoms with Crippen LogP contribution < -0.4 is 16.1 Å². The summed E-state index contributed by atoms with van der Waals surface area (Å²) < 4.78 is 0. The van der Waals surface area contributed by atoms with E-state index in [0.29, 0.717) is 6.04 Å². The smallest absolute Gasteiger partial charge is 0.278 e. The predicted molar refractivity (Wildman–Crippen MR) is 128 cm³/mol. The Bertz CT molecular complexity index is 1080. The Balaban J connectivity index is 1.66. The van der Waals surface area contributed by atoms with Gasteiger partial charge in [0.05, 0.1) is 0 Å². The second-order valence-corrected chi connectivity index (χ2v) is 8.49. The van der Waals surface area contributed by atoms with Crippen molar-refractivity contribution in [2.75, 3.05) is 14.1 Å². The van der Waals surface area contributed by atoms with Crippen LogP contribution in [0.1, 0.15) is 53.2 Å². The lowest BCUT2D eigenvalue weighted by atomic mass is 9.93. The van der Waals surface area contributed by atoms with Gasteiger partial charge in [0, 0.05) is 43.4 Å². The summed E-state index contributed by atoms with van der Waals surface area (Å²) in [4.78, 5) is 38.3. The van der Waals surface area contributed by atoms with Crippen molar-refractivity contribution in [1.82, 2.24) is 21.0 Å². The molecule has 2 aromatic rings. The molecule has 4 N–H and O–H groups in total. The third-order valence-electron chi connectivity index (χ3n) is 6.33. The molecule has 34 heavy (non-hydrogen) atoms. The lowest BCUT2D eigenvalue weighted by molar-refractivity contribution is -0.148. The van der Waals surface area contributed by atoms with Crippen LogP contribution in [-0.4, -0.2) is 53.5 Å². The van der Waals surface area contributed by atoms with E-state index in [-0.39, 0.29) is 5.56 Å². The number of amides is 3. The van der Waals surface area contributed by atoms with E-state index >= 15 is 0 Å². The van der Waals surface area contributed by atoms with Gasteiger partial charge in [-0.3, -0.25) is 19.6 Å². The maximum absolute atomic E-state index is 12.9. The van der Waals surface area contributed by atoms with Crippen LogP contribution in [0.4, 0.5) is 0 Å². The van der Waals surface area contributed by atoms with Gasteiger partial charge < -0.3 is 15.5 Å². The number of nitrogens with zero attached hydrogens (tertiary/aromatic N) is 1. The van der Waals surface area contributed by atoms with Crippen LogP contribution in [0.15, 0.2) is 48.5 Å². The zero-order valence-electron chi connectivity index (χ0n) is 19.6. The molecule has 0 heterocycles. The minimum absolute atomic E-state index is 0.275. The van der Waals surface area contributed by atoms with Crippen molar-refractivity contribution in [2.24, 2.45) is 0 Å². The fraction of sp³-hybridized carbons (Fsp3) is 0.346. The molecule has 0 aromatic heterocycles. The van der Waals surface area contributed by atoms with E-state index in [1.807, 2.05) is 12.1 Å². The van der Waals surface area contributed by atoms with Crippen molar-refractivity contribution in [1.29, 1.82) is 0 Å². The van der Waals surface area contributed by atoms with Crippen LogP contribution >= 0.6 is 0 Å². The molecule has 3 amide bonds. The molecule has 1 saturated carbocycles. The molecule has 8 heteroatoms. The number of likely N-dealkylation sites (N-methyl/N-ethyl adjacent to an activating group) is 2. The molecule has 178 valence electrons. The van der Waals surface area contributed by atoms with E-state index in [2.05, 4.69) is 34.6 Å². The molecule has 0 bridgehead atoms. The van der Waals surface area contributed by atoms with E-state index in [0.717, 1.165) is 22.6 Å². The number of hydroxylamine groups is 1. The minimum atomic E-state index is -1.93. The van der Waals surface area contributed by atoms with Crippen molar-refractivity contribution in [3.8, 4) is 11.8 Å². The van der Waals surface area contributed by atoms with Crippen LogP contribution in [0.5, 0.6) is 0 Å². The second-order valence-electron chi connectivity index (χ2n) is 8.49. The highest BCUT2D eigenvalue weighted by molar-refractivity contribution is 6.12. The van der Waals surface area contributed by atoms with Crippen LogP contribution in [-0.2, 0) is 16.1 Å². The van der Waals surface area contributed by atoms with E-state index in [1.54, 1.807) is 24.3 Å². The van der Waals surface area contributed by atoms with Crippen LogP contribution in [0.25, 0.3) is 0 Å².